The summed E-state index contributed by atoms with van der Waals surface area (Å²) in [7, 11) is 0. The number of anilines is 1. The summed E-state index contributed by atoms with van der Waals surface area (Å²) >= 11 is 6.72. The number of halogens is 2. The van der Waals surface area contributed by atoms with Crippen LogP contribution < -0.4 is 10.6 Å². The van der Waals surface area contributed by atoms with Crippen molar-refractivity contribution in [3.63, 3.8) is 0 Å². The third kappa shape index (κ3) is 4.30. The van der Waals surface area contributed by atoms with E-state index in [0.717, 1.165) is 14.6 Å². The van der Waals surface area contributed by atoms with Crippen molar-refractivity contribution in [2.24, 2.45) is 0 Å². The van der Waals surface area contributed by atoms with Gasteiger partial charge in [-0.15, -0.1) is 0 Å². The number of nitrogens with one attached hydrogen (secondary N) is 2. The number of hydrogen-bond acceptors (Lipinski definition) is 3. The predicted molar refractivity (Wildman–Crippen MR) is 75.6 cm³/mol. The average molecular weight is 380 g/mol. The van der Waals surface area contributed by atoms with E-state index in [9.17, 15) is 9.59 Å². The minimum Gasteiger partial charge on any atom is -0.480 e. The van der Waals surface area contributed by atoms with Crippen molar-refractivity contribution in [3.05, 3.63) is 27.1 Å². The molecular weight excluding hydrogens is 368 g/mol. The van der Waals surface area contributed by atoms with Gasteiger partial charge < -0.3 is 15.7 Å². The first-order valence-corrected chi connectivity index (χ1v) is 6.68. The molecule has 98 valence electrons. The summed E-state index contributed by atoms with van der Waals surface area (Å²) < 4.78 is 1.62. The SMILES string of the molecule is CC(=O)NC(CNc1c(Br)cccc1Br)C(=O)O. The number of carbonyl (C=O) groups is 2. The van der Waals surface area contributed by atoms with Gasteiger partial charge in [0.25, 0.3) is 0 Å². The Morgan fingerprint density at radius 2 is 1.89 bits per heavy atom. The first kappa shape index (κ1) is 15.0. The van der Waals surface area contributed by atoms with Gasteiger partial charge in [-0.05, 0) is 44.0 Å². The number of benzene rings is 1. The van der Waals surface area contributed by atoms with Gasteiger partial charge in [0.15, 0.2) is 0 Å². The number of amides is 1. The van der Waals surface area contributed by atoms with Crippen LogP contribution in [-0.4, -0.2) is 29.6 Å². The molecule has 1 aromatic rings. The maximum absolute atomic E-state index is 10.9. The molecule has 1 aromatic carbocycles. The summed E-state index contributed by atoms with van der Waals surface area (Å²) in [6.07, 6.45) is 0. The van der Waals surface area contributed by atoms with Crippen LogP contribution in [-0.2, 0) is 9.59 Å². The summed E-state index contributed by atoms with van der Waals surface area (Å²) in [5.41, 5.74) is 0.745. The Hall–Kier alpha value is -1.08. The van der Waals surface area contributed by atoms with E-state index in [4.69, 9.17) is 5.11 Å². The standard InChI is InChI=1S/C11H12Br2N2O3/c1-6(16)15-9(11(17)18)5-14-10-7(12)3-2-4-8(10)13/h2-4,9,14H,5H2,1H3,(H,15,16)(H,17,18). The van der Waals surface area contributed by atoms with Gasteiger partial charge in [0.05, 0.1) is 5.69 Å². The molecule has 0 saturated heterocycles. The Labute approximate surface area is 121 Å². The van der Waals surface area contributed by atoms with Crippen LogP contribution in [0.1, 0.15) is 6.92 Å². The van der Waals surface area contributed by atoms with Gasteiger partial charge in [-0.25, -0.2) is 4.79 Å². The summed E-state index contributed by atoms with van der Waals surface area (Å²) in [6, 6.07) is 4.55. The highest BCUT2D eigenvalue weighted by Crippen LogP contribution is 2.30. The number of carbonyl (C=O) groups excluding carboxylic acids is 1. The largest absolute Gasteiger partial charge is 0.480 e. The van der Waals surface area contributed by atoms with Crippen molar-refractivity contribution in [2.45, 2.75) is 13.0 Å². The lowest BCUT2D eigenvalue weighted by Crippen LogP contribution is -2.44. The molecule has 18 heavy (non-hydrogen) atoms. The van der Waals surface area contributed by atoms with Crippen LogP contribution in [0.5, 0.6) is 0 Å². The second-order valence-corrected chi connectivity index (χ2v) is 5.28. The number of carboxylic acid groups (broad SMARTS) is 1. The second kappa shape index (κ2) is 6.75. The van der Waals surface area contributed by atoms with E-state index in [1.807, 2.05) is 18.2 Å². The minimum atomic E-state index is -1.08. The first-order chi connectivity index (χ1) is 8.41. The van der Waals surface area contributed by atoms with Crippen LogP contribution in [0.3, 0.4) is 0 Å². The third-order valence-electron chi connectivity index (χ3n) is 2.12. The van der Waals surface area contributed by atoms with Gasteiger partial charge >= 0.3 is 5.97 Å². The van der Waals surface area contributed by atoms with Crippen LogP contribution in [0.2, 0.25) is 0 Å². The molecule has 0 fully saturated rings. The Balaban J connectivity index is 2.73. The van der Waals surface area contributed by atoms with Crippen LogP contribution >= 0.6 is 31.9 Å². The van der Waals surface area contributed by atoms with Crippen molar-refractivity contribution in [1.29, 1.82) is 0 Å². The highest BCUT2D eigenvalue weighted by Gasteiger charge is 2.18. The Morgan fingerprint density at radius 3 is 2.33 bits per heavy atom. The normalized spacial score (nSPS) is 11.7. The van der Waals surface area contributed by atoms with E-state index >= 15 is 0 Å². The quantitative estimate of drug-likeness (QED) is 0.732. The van der Waals surface area contributed by atoms with E-state index in [1.54, 1.807) is 0 Å². The van der Waals surface area contributed by atoms with Crippen LogP contribution in [0.25, 0.3) is 0 Å². The van der Waals surface area contributed by atoms with Gasteiger partial charge in [0.2, 0.25) is 5.91 Å². The second-order valence-electron chi connectivity index (χ2n) is 3.57. The van der Waals surface area contributed by atoms with Crippen molar-refractivity contribution in [2.75, 3.05) is 11.9 Å². The fraction of sp³-hybridized carbons (Fsp3) is 0.273. The smallest absolute Gasteiger partial charge is 0.328 e. The molecule has 5 nitrogen and oxygen atoms in total. The topological polar surface area (TPSA) is 78.4 Å². The lowest BCUT2D eigenvalue weighted by Gasteiger charge is -2.16. The molecule has 1 unspecified atom stereocenters. The molecule has 0 spiro atoms. The van der Waals surface area contributed by atoms with Crippen molar-refractivity contribution < 1.29 is 14.7 Å². The molecule has 0 aliphatic carbocycles. The summed E-state index contributed by atoms with van der Waals surface area (Å²) in [4.78, 5) is 21.8. The Bertz CT molecular complexity index is 445. The molecule has 0 saturated carbocycles. The third-order valence-corrected chi connectivity index (χ3v) is 3.44. The molecule has 3 N–H and O–H groups in total. The van der Waals surface area contributed by atoms with Crippen LogP contribution in [0.15, 0.2) is 27.1 Å². The van der Waals surface area contributed by atoms with Gasteiger partial charge in [0.1, 0.15) is 6.04 Å². The lowest BCUT2D eigenvalue weighted by molar-refractivity contribution is -0.141. The molecule has 0 radical (unpaired) electrons. The van der Waals surface area contributed by atoms with Crippen molar-refractivity contribution in [3.8, 4) is 0 Å². The van der Waals surface area contributed by atoms with E-state index in [-0.39, 0.29) is 12.5 Å². The zero-order valence-corrected chi connectivity index (χ0v) is 12.7. The molecular formula is C11H12Br2N2O3. The average Bonchev–Trinajstić information content (AvgIpc) is 2.26. The van der Waals surface area contributed by atoms with Gasteiger partial charge in [-0.3, -0.25) is 4.79 Å². The summed E-state index contributed by atoms with van der Waals surface area (Å²) in [6.45, 7) is 1.38. The van der Waals surface area contributed by atoms with E-state index in [0.29, 0.717) is 0 Å². The van der Waals surface area contributed by atoms with Crippen molar-refractivity contribution >= 4 is 49.4 Å². The highest BCUT2D eigenvalue weighted by molar-refractivity contribution is 9.11. The highest BCUT2D eigenvalue weighted by atomic mass is 79.9. The van der Waals surface area contributed by atoms with E-state index in [2.05, 4.69) is 42.5 Å². The maximum Gasteiger partial charge on any atom is 0.328 e. The predicted octanol–water partition coefficient (Wildman–Crippen LogP) is 2.21. The fourth-order valence-electron chi connectivity index (χ4n) is 1.32. The van der Waals surface area contributed by atoms with Gasteiger partial charge in [0, 0.05) is 22.4 Å². The number of carboxylic acids is 1. The number of rotatable bonds is 5. The number of para-hydroxylation sites is 1. The van der Waals surface area contributed by atoms with E-state index < -0.39 is 12.0 Å². The van der Waals surface area contributed by atoms with E-state index in [1.165, 1.54) is 6.92 Å². The Morgan fingerprint density at radius 1 is 1.33 bits per heavy atom. The lowest BCUT2D eigenvalue weighted by atomic mass is 10.2. The van der Waals surface area contributed by atoms with Crippen LogP contribution in [0.4, 0.5) is 5.69 Å². The molecule has 1 rings (SSSR count). The monoisotopic (exact) mass is 378 g/mol. The Kier molecular flexibility index (Phi) is 5.61. The van der Waals surface area contributed by atoms with Gasteiger partial charge in [-0.1, -0.05) is 6.07 Å². The number of hydrogen-bond donors (Lipinski definition) is 3. The molecule has 1 atom stereocenters. The molecule has 0 bridgehead atoms. The first-order valence-electron chi connectivity index (χ1n) is 5.09. The maximum atomic E-state index is 10.9. The van der Waals surface area contributed by atoms with Crippen molar-refractivity contribution in [1.82, 2.24) is 5.32 Å². The molecule has 0 aliphatic rings. The zero-order valence-electron chi connectivity index (χ0n) is 9.54. The zero-order chi connectivity index (χ0) is 13.7. The summed E-state index contributed by atoms with van der Waals surface area (Å²) in [5, 5.41) is 14.3. The molecule has 1 amide bonds. The molecule has 0 aliphatic heterocycles. The molecule has 0 aromatic heterocycles. The fourth-order valence-corrected chi connectivity index (χ4v) is 2.60. The molecule has 0 heterocycles. The van der Waals surface area contributed by atoms with Gasteiger partial charge in [-0.2, -0.15) is 0 Å². The van der Waals surface area contributed by atoms with Crippen LogP contribution in [0, 0.1) is 0 Å². The molecule has 7 heteroatoms. The summed E-state index contributed by atoms with van der Waals surface area (Å²) in [5.74, 6) is -1.46. The minimum absolute atomic E-state index is 0.0934. The number of aliphatic carboxylic acids is 1.